The maximum Gasteiger partial charge on any atom is 0.308 e. The Balaban J connectivity index is 1.93. The third kappa shape index (κ3) is 4.60. The van der Waals surface area contributed by atoms with Gasteiger partial charge in [-0.25, -0.2) is 0 Å². The van der Waals surface area contributed by atoms with Gasteiger partial charge in [0.25, 0.3) is 11.7 Å². The Hall–Kier alpha value is -4.19. The van der Waals surface area contributed by atoms with E-state index in [-0.39, 0.29) is 11.3 Å². The zero-order valence-corrected chi connectivity index (χ0v) is 20.4. The number of hydrogen-bond acceptors (Lipinski definition) is 5. The summed E-state index contributed by atoms with van der Waals surface area (Å²) in [6, 6.07) is 16.8. The number of aliphatic hydroxyl groups excluding tert-OH is 1. The van der Waals surface area contributed by atoms with Gasteiger partial charge in [0, 0.05) is 18.2 Å². The van der Waals surface area contributed by atoms with E-state index in [0.29, 0.717) is 22.6 Å². The number of anilines is 1. The zero-order chi connectivity index (χ0) is 25.4. The fourth-order valence-electron chi connectivity index (χ4n) is 4.43. The number of esters is 1. The lowest BCUT2D eigenvalue weighted by Crippen LogP contribution is -2.29. The van der Waals surface area contributed by atoms with Crippen LogP contribution in [0, 0.1) is 27.7 Å². The molecule has 0 aromatic heterocycles. The SMILES string of the molecule is CC(=O)Oc1ccc(C2/C(=C(/O)c3ccc(C)c(C)c3)C(=O)C(=O)N2c2cc(C)cc(C)c2)cc1. The molecule has 3 aromatic carbocycles. The summed E-state index contributed by atoms with van der Waals surface area (Å²) in [5.41, 5.74) is 5.54. The van der Waals surface area contributed by atoms with Crippen LogP contribution in [0.5, 0.6) is 5.75 Å². The second-order valence-electron chi connectivity index (χ2n) is 8.98. The van der Waals surface area contributed by atoms with E-state index >= 15 is 0 Å². The van der Waals surface area contributed by atoms with Crippen molar-refractivity contribution in [3.63, 3.8) is 0 Å². The van der Waals surface area contributed by atoms with Gasteiger partial charge in [-0.05, 0) is 85.8 Å². The molecule has 1 unspecified atom stereocenters. The maximum atomic E-state index is 13.4. The molecule has 1 N–H and O–H groups in total. The largest absolute Gasteiger partial charge is 0.507 e. The van der Waals surface area contributed by atoms with Gasteiger partial charge in [-0.1, -0.05) is 30.3 Å². The first-order valence-electron chi connectivity index (χ1n) is 11.3. The third-order valence-electron chi connectivity index (χ3n) is 6.17. The number of nitrogens with zero attached hydrogens (tertiary/aromatic N) is 1. The van der Waals surface area contributed by atoms with Crippen LogP contribution in [0.15, 0.2) is 66.2 Å². The summed E-state index contributed by atoms with van der Waals surface area (Å²) in [7, 11) is 0. The van der Waals surface area contributed by atoms with Gasteiger partial charge < -0.3 is 9.84 Å². The van der Waals surface area contributed by atoms with Gasteiger partial charge in [-0.2, -0.15) is 0 Å². The molecule has 0 radical (unpaired) electrons. The molecule has 1 fully saturated rings. The fourth-order valence-corrected chi connectivity index (χ4v) is 4.43. The van der Waals surface area contributed by atoms with E-state index in [1.54, 1.807) is 36.4 Å². The van der Waals surface area contributed by atoms with E-state index in [0.717, 1.165) is 22.3 Å². The van der Waals surface area contributed by atoms with Crippen molar-refractivity contribution >= 4 is 29.1 Å². The molecule has 3 aromatic rings. The van der Waals surface area contributed by atoms with Gasteiger partial charge in [-0.15, -0.1) is 0 Å². The summed E-state index contributed by atoms with van der Waals surface area (Å²) >= 11 is 0. The summed E-state index contributed by atoms with van der Waals surface area (Å²) in [4.78, 5) is 39.5. The van der Waals surface area contributed by atoms with Crippen LogP contribution in [-0.2, 0) is 14.4 Å². The van der Waals surface area contributed by atoms with Crippen LogP contribution in [0.25, 0.3) is 5.76 Å². The van der Waals surface area contributed by atoms with Gasteiger partial charge >= 0.3 is 5.97 Å². The summed E-state index contributed by atoms with van der Waals surface area (Å²) in [6.45, 7) is 9.04. The van der Waals surface area contributed by atoms with E-state index in [1.165, 1.54) is 11.8 Å². The predicted molar refractivity (Wildman–Crippen MR) is 134 cm³/mol. The number of carbonyl (C=O) groups excluding carboxylic acids is 3. The van der Waals surface area contributed by atoms with Crippen LogP contribution in [0.2, 0.25) is 0 Å². The minimum absolute atomic E-state index is 0.0117. The Kier molecular flexibility index (Phi) is 6.31. The molecule has 1 amide bonds. The van der Waals surface area contributed by atoms with Crippen molar-refractivity contribution in [3.05, 3.63) is 99.6 Å². The van der Waals surface area contributed by atoms with E-state index in [2.05, 4.69) is 0 Å². The molecular formula is C29H27NO5. The minimum Gasteiger partial charge on any atom is -0.507 e. The van der Waals surface area contributed by atoms with Crippen LogP contribution in [0.4, 0.5) is 5.69 Å². The van der Waals surface area contributed by atoms with E-state index < -0.39 is 23.7 Å². The van der Waals surface area contributed by atoms with Crippen LogP contribution >= 0.6 is 0 Å². The van der Waals surface area contributed by atoms with Gasteiger partial charge in [-0.3, -0.25) is 19.3 Å². The number of ketones is 1. The average molecular weight is 470 g/mol. The number of hydrogen-bond donors (Lipinski definition) is 1. The van der Waals surface area contributed by atoms with Crippen LogP contribution < -0.4 is 9.64 Å². The number of ether oxygens (including phenoxy) is 1. The topological polar surface area (TPSA) is 83.9 Å². The van der Waals surface area contributed by atoms with Crippen LogP contribution in [0.3, 0.4) is 0 Å². The van der Waals surface area contributed by atoms with E-state index in [9.17, 15) is 19.5 Å². The number of rotatable bonds is 4. The Bertz CT molecular complexity index is 1360. The quantitative estimate of drug-likeness (QED) is 0.180. The highest BCUT2D eigenvalue weighted by Gasteiger charge is 2.47. The first-order valence-corrected chi connectivity index (χ1v) is 11.3. The lowest BCUT2D eigenvalue weighted by molar-refractivity contribution is -0.132. The Morgan fingerprint density at radius 1 is 0.857 bits per heavy atom. The molecule has 0 aliphatic carbocycles. The second kappa shape index (κ2) is 9.22. The van der Waals surface area contributed by atoms with Gasteiger partial charge in [0.2, 0.25) is 0 Å². The summed E-state index contributed by atoms with van der Waals surface area (Å²) in [6.07, 6.45) is 0. The first-order chi connectivity index (χ1) is 16.6. The monoisotopic (exact) mass is 469 g/mol. The molecular weight excluding hydrogens is 442 g/mol. The number of Topliss-reactive ketones (excluding diaryl/α,β-unsaturated/α-hetero) is 1. The van der Waals surface area contributed by atoms with Crippen molar-refractivity contribution in [1.29, 1.82) is 0 Å². The lowest BCUT2D eigenvalue weighted by atomic mass is 9.94. The third-order valence-corrected chi connectivity index (χ3v) is 6.17. The van der Waals surface area contributed by atoms with Crippen molar-refractivity contribution in [2.24, 2.45) is 0 Å². The number of aliphatic hydroxyl groups is 1. The minimum atomic E-state index is -0.857. The highest BCUT2D eigenvalue weighted by atomic mass is 16.5. The molecule has 0 spiro atoms. The number of benzene rings is 3. The molecule has 35 heavy (non-hydrogen) atoms. The molecule has 1 atom stereocenters. The standard InChI is InChI=1S/C29H27NO5/c1-16-12-17(2)14-23(13-16)30-26(21-8-10-24(11-9-21)35-20(5)31)25(28(33)29(30)34)27(32)22-7-6-18(3)19(4)15-22/h6-15,26,32H,1-5H3/b27-25-. The predicted octanol–water partition coefficient (Wildman–Crippen LogP) is 5.47. The maximum absolute atomic E-state index is 13.4. The van der Waals surface area contributed by atoms with Gasteiger partial charge in [0.05, 0.1) is 11.6 Å². The number of aryl methyl sites for hydroxylation is 4. The molecule has 1 heterocycles. The smallest absolute Gasteiger partial charge is 0.308 e. The van der Waals surface area contributed by atoms with Crippen molar-refractivity contribution in [1.82, 2.24) is 0 Å². The molecule has 0 bridgehead atoms. The van der Waals surface area contributed by atoms with Crippen molar-refractivity contribution < 1.29 is 24.2 Å². The zero-order valence-electron chi connectivity index (χ0n) is 20.4. The van der Waals surface area contributed by atoms with E-state index in [1.807, 2.05) is 52.0 Å². The molecule has 6 heteroatoms. The van der Waals surface area contributed by atoms with Crippen molar-refractivity contribution in [2.45, 2.75) is 40.7 Å². The average Bonchev–Trinajstić information content (AvgIpc) is 3.05. The molecule has 4 rings (SSSR count). The summed E-state index contributed by atoms with van der Waals surface area (Å²) in [5, 5.41) is 11.3. The molecule has 0 saturated carbocycles. The first kappa shape index (κ1) is 24.0. The summed E-state index contributed by atoms with van der Waals surface area (Å²) in [5.74, 6) is -1.80. The van der Waals surface area contributed by atoms with Crippen molar-refractivity contribution in [2.75, 3.05) is 4.90 Å². The Labute approximate surface area is 204 Å². The highest BCUT2D eigenvalue weighted by molar-refractivity contribution is 6.51. The lowest BCUT2D eigenvalue weighted by Gasteiger charge is -2.26. The molecule has 1 saturated heterocycles. The Morgan fingerprint density at radius 3 is 2.06 bits per heavy atom. The Morgan fingerprint density at radius 2 is 1.49 bits per heavy atom. The second-order valence-corrected chi connectivity index (χ2v) is 8.98. The summed E-state index contributed by atoms with van der Waals surface area (Å²) < 4.78 is 5.14. The molecule has 6 nitrogen and oxygen atoms in total. The van der Waals surface area contributed by atoms with E-state index in [4.69, 9.17) is 4.74 Å². The van der Waals surface area contributed by atoms with Gasteiger partial charge in [0.1, 0.15) is 11.5 Å². The fraction of sp³-hybridized carbons (Fsp3) is 0.207. The molecule has 1 aliphatic rings. The molecule has 178 valence electrons. The van der Waals surface area contributed by atoms with Crippen molar-refractivity contribution in [3.8, 4) is 5.75 Å². The number of amides is 1. The van der Waals surface area contributed by atoms with Crippen LogP contribution in [-0.4, -0.2) is 22.8 Å². The normalized spacial score (nSPS) is 17.1. The molecule has 1 aliphatic heterocycles. The van der Waals surface area contributed by atoms with Gasteiger partial charge in [0.15, 0.2) is 0 Å². The van der Waals surface area contributed by atoms with Crippen LogP contribution in [0.1, 0.15) is 46.3 Å². The highest BCUT2D eigenvalue weighted by Crippen LogP contribution is 2.43. The number of carbonyl (C=O) groups is 3.